The third kappa shape index (κ3) is 5.14. The minimum Gasteiger partial charge on any atom is -0.310 e. The maximum Gasteiger partial charge on any atom is 0.0764 e. The smallest absolute Gasteiger partial charge is 0.0764 e. The number of fused-ring (bicyclic) bond motifs is 14. The van der Waals surface area contributed by atoms with E-state index in [2.05, 4.69) is 251 Å². The van der Waals surface area contributed by atoms with Crippen LogP contribution in [0, 0.1) is 0 Å². The fourth-order valence-corrected chi connectivity index (χ4v) is 12.5. The van der Waals surface area contributed by atoms with E-state index < -0.39 is 5.41 Å². The van der Waals surface area contributed by atoms with Crippen molar-refractivity contribution in [3.8, 4) is 22.5 Å². The molecule has 3 nitrogen and oxygen atoms in total. The molecular weight excluding hydrogens is 807 g/mol. The van der Waals surface area contributed by atoms with Gasteiger partial charge < -0.3 is 14.0 Å². The highest BCUT2D eigenvalue weighted by molar-refractivity contribution is 7.99. The van der Waals surface area contributed by atoms with Crippen LogP contribution >= 0.6 is 11.8 Å². The van der Waals surface area contributed by atoms with E-state index in [4.69, 9.17) is 0 Å². The Morgan fingerprint density at radius 1 is 0.338 bits per heavy atom. The molecule has 4 heterocycles. The third-order valence-electron chi connectivity index (χ3n) is 13.9. The molecule has 4 heteroatoms. The zero-order chi connectivity index (χ0) is 42.6. The van der Waals surface area contributed by atoms with Gasteiger partial charge in [-0.1, -0.05) is 176 Å². The van der Waals surface area contributed by atoms with E-state index in [1.807, 2.05) is 11.8 Å². The summed E-state index contributed by atoms with van der Waals surface area (Å²) in [5.41, 5.74) is 17.7. The van der Waals surface area contributed by atoms with Crippen LogP contribution in [0.25, 0.3) is 66.1 Å². The number of anilines is 3. The molecule has 0 radical (unpaired) electrons. The Morgan fingerprint density at radius 3 is 1.71 bits per heavy atom. The first-order valence-electron chi connectivity index (χ1n) is 22.3. The molecule has 10 aromatic carbocycles. The Balaban J connectivity index is 1.02. The first kappa shape index (κ1) is 36.4. The molecule has 1 unspecified atom stereocenters. The predicted octanol–water partition coefficient (Wildman–Crippen LogP) is 16.2. The predicted molar refractivity (Wildman–Crippen MR) is 271 cm³/mol. The number of hydrogen-bond donors (Lipinski definition) is 0. The lowest BCUT2D eigenvalue weighted by Crippen LogP contribution is -2.37. The highest BCUT2D eigenvalue weighted by Gasteiger charge is 2.49. The molecule has 12 aromatic rings. The molecule has 2 aliphatic rings. The molecule has 65 heavy (non-hydrogen) atoms. The summed E-state index contributed by atoms with van der Waals surface area (Å²) in [6, 6.07) is 87.6. The van der Waals surface area contributed by atoms with Crippen LogP contribution in [-0.2, 0) is 5.41 Å². The van der Waals surface area contributed by atoms with E-state index in [0.29, 0.717) is 0 Å². The Bertz CT molecular complexity index is 3860. The highest BCUT2D eigenvalue weighted by Crippen LogP contribution is 2.61. The second kappa shape index (κ2) is 14.0. The summed E-state index contributed by atoms with van der Waals surface area (Å²) < 4.78 is 4.93. The molecule has 0 amide bonds. The first-order chi connectivity index (χ1) is 32.3. The normalized spacial score (nSPS) is 14.8. The maximum absolute atomic E-state index is 2.52. The van der Waals surface area contributed by atoms with Gasteiger partial charge >= 0.3 is 0 Å². The van der Waals surface area contributed by atoms with Crippen molar-refractivity contribution in [3.63, 3.8) is 0 Å². The van der Waals surface area contributed by atoms with E-state index >= 15 is 0 Å². The van der Waals surface area contributed by atoms with Crippen molar-refractivity contribution in [2.24, 2.45) is 0 Å². The Hall–Kier alpha value is -8.05. The topological polar surface area (TPSA) is 13.1 Å². The summed E-state index contributed by atoms with van der Waals surface area (Å²) in [4.78, 5) is 4.98. The van der Waals surface area contributed by atoms with Gasteiger partial charge in [-0.3, -0.25) is 0 Å². The summed E-state index contributed by atoms with van der Waals surface area (Å²) in [7, 11) is 0. The van der Waals surface area contributed by atoms with Gasteiger partial charge in [0.05, 0.1) is 33.2 Å². The van der Waals surface area contributed by atoms with Gasteiger partial charge in [0.1, 0.15) is 0 Å². The molecule has 14 rings (SSSR count). The molecule has 2 aromatic heterocycles. The number of hydrogen-bond acceptors (Lipinski definition) is 2. The van der Waals surface area contributed by atoms with Crippen LogP contribution in [0.15, 0.2) is 246 Å². The molecule has 2 aliphatic heterocycles. The standard InChI is InChI=1S/C61H39N3S/c1-3-16-40(17-4-1)41-30-32-43(33-31-41)62(44-34-36-48-46-20-7-11-26-54(46)63(57(48)38-44)42-18-5-2-6-19-42)45-35-37-52-59(39-45)65-58-29-14-10-24-51(58)61(52)50-23-9-13-28-56(50)64-55-27-12-8-21-47(55)49-22-15-25-53(61)60(49)64/h1-39H. The van der Waals surface area contributed by atoms with Crippen molar-refractivity contribution in [1.29, 1.82) is 0 Å². The van der Waals surface area contributed by atoms with Gasteiger partial charge in [-0.2, -0.15) is 0 Å². The van der Waals surface area contributed by atoms with Gasteiger partial charge in [0.15, 0.2) is 0 Å². The Labute approximate surface area is 381 Å². The lowest BCUT2D eigenvalue weighted by Gasteiger charge is -2.45. The largest absolute Gasteiger partial charge is 0.310 e. The molecule has 304 valence electrons. The molecule has 1 atom stereocenters. The average molecular weight is 846 g/mol. The van der Waals surface area contributed by atoms with Crippen molar-refractivity contribution >= 4 is 72.4 Å². The van der Waals surface area contributed by atoms with Gasteiger partial charge in [0.25, 0.3) is 0 Å². The van der Waals surface area contributed by atoms with Crippen molar-refractivity contribution in [1.82, 2.24) is 9.13 Å². The Kier molecular flexibility index (Phi) is 7.83. The lowest BCUT2D eigenvalue weighted by atomic mass is 9.63. The SMILES string of the molecule is c1ccc(-c2ccc(N(c3ccc4c(c3)Sc3ccccc3C43c4ccccc4-n4c5ccccc5c5cccc3c54)c3ccc4c5ccccc5n(-c5ccccc5)c4c3)cc2)cc1. The van der Waals surface area contributed by atoms with Gasteiger partial charge in [0, 0.05) is 54.1 Å². The zero-order valence-corrected chi connectivity index (χ0v) is 36.1. The van der Waals surface area contributed by atoms with Crippen LogP contribution in [0.5, 0.6) is 0 Å². The van der Waals surface area contributed by atoms with Gasteiger partial charge in [-0.05, 0) is 106 Å². The van der Waals surface area contributed by atoms with Crippen LogP contribution in [0.3, 0.4) is 0 Å². The Morgan fingerprint density at radius 2 is 0.892 bits per heavy atom. The maximum atomic E-state index is 2.52. The summed E-state index contributed by atoms with van der Waals surface area (Å²) in [5.74, 6) is 0. The molecule has 0 aliphatic carbocycles. The third-order valence-corrected chi connectivity index (χ3v) is 15.1. The molecule has 0 N–H and O–H groups in total. The number of nitrogens with zero attached hydrogens (tertiary/aromatic N) is 3. The fraction of sp³-hybridized carbons (Fsp3) is 0.0164. The molecule has 0 bridgehead atoms. The van der Waals surface area contributed by atoms with Crippen LogP contribution in [0.4, 0.5) is 17.1 Å². The quantitative estimate of drug-likeness (QED) is 0.171. The molecule has 0 fully saturated rings. The molecule has 1 spiro atoms. The van der Waals surface area contributed by atoms with Gasteiger partial charge in [-0.15, -0.1) is 0 Å². The van der Waals surface area contributed by atoms with Crippen molar-refractivity contribution in [3.05, 3.63) is 259 Å². The zero-order valence-electron chi connectivity index (χ0n) is 35.3. The second-order valence-corrected chi connectivity index (χ2v) is 18.3. The van der Waals surface area contributed by atoms with Crippen LogP contribution < -0.4 is 4.90 Å². The van der Waals surface area contributed by atoms with E-state index in [9.17, 15) is 0 Å². The monoisotopic (exact) mass is 845 g/mol. The molecule has 0 saturated carbocycles. The highest BCUT2D eigenvalue weighted by atomic mass is 32.2. The van der Waals surface area contributed by atoms with Crippen LogP contribution in [-0.4, -0.2) is 9.13 Å². The van der Waals surface area contributed by atoms with E-state index in [1.54, 1.807) is 0 Å². The number of benzene rings is 10. The number of rotatable bonds is 5. The minimum absolute atomic E-state index is 0.548. The summed E-state index contributed by atoms with van der Waals surface area (Å²) in [6.45, 7) is 0. The van der Waals surface area contributed by atoms with E-state index in [1.165, 1.54) is 92.5 Å². The minimum atomic E-state index is -0.548. The number of aromatic nitrogens is 2. The van der Waals surface area contributed by atoms with E-state index in [0.717, 1.165) is 22.7 Å². The number of para-hydroxylation sites is 5. The molecule has 0 saturated heterocycles. The van der Waals surface area contributed by atoms with Gasteiger partial charge in [-0.25, -0.2) is 0 Å². The van der Waals surface area contributed by atoms with E-state index in [-0.39, 0.29) is 0 Å². The fourth-order valence-electron chi connectivity index (χ4n) is 11.3. The first-order valence-corrected chi connectivity index (χ1v) is 23.2. The summed E-state index contributed by atoms with van der Waals surface area (Å²) in [6.07, 6.45) is 0. The van der Waals surface area contributed by atoms with Crippen LogP contribution in [0.1, 0.15) is 22.3 Å². The van der Waals surface area contributed by atoms with Crippen molar-refractivity contribution in [2.45, 2.75) is 15.2 Å². The van der Waals surface area contributed by atoms with Crippen LogP contribution in [0.2, 0.25) is 0 Å². The lowest BCUT2D eigenvalue weighted by molar-refractivity contribution is 0.689. The van der Waals surface area contributed by atoms with Gasteiger partial charge in [0.2, 0.25) is 0 Å². The molecular formula is C61H39N3S. The van der Waals surface area contributed by atoms with Crippen molar-refractivity contribution < 1.29 is 0 Å². The summed E-state index contributed by atoms with van der Waals surface area (Å²) in [5, 5.41) is 5.04. The second-order valence-electron chi connectivity index (χ2n) is 17.2. The average Bonchev–Trinajstić information content (AvgIpc) is 3.89. The van der Waals surface area contributed by atoms with Crippen molar-refractivity contribution in [2.75, 3.05) is 4.90 Å². The summed E-state index contributed by atoms with van der Waals surface area (Å²) >= 11 is 1.89.